The van der Waals surface area contributed by atoms with Gasteiger partial charge in [0.25, 0.3) is 0 Å². The van der Waals surface area contributed by atoms with E-state index in [4.69, 9.17) is 0 Å². The minimum absolute atomic E-state index is 0.242. The van der Waals surface area contributed by atoms with Gasteiger partial charge in [0.05, 0.1) is 10.6 Å². The van der Waals surface area contributed by atoms with Crippen molar-refractivity contribution in [3.8, 4) is 0 Å². The second-order valence-electron chi connectivity index (χ2n) is 4.85. The van der Waals surface area contributed by atoms with E-state index in [-0.39, 0.29) is 10.9 Å². The molecule has 0 spiro atoms. The van der Waals surface area contributed by atoms with Crippen molar-refractivity contribution in [2.45, 2.75) is 29.5 Å². The third-order valence-corrected chi connectivity index (χ3v) is 5.00. The van der Waals surface area contributed by atoms with Gasteiger partial charge in [-0.25, -0.2) is 8.42 Å². The molecule has 1 aromatic carbocycles. The first kappa shape index (κ1) is 15.2. The van der Waals surface area contributed by atoms with E-state index in [9.17, 15) is 17.2 Å². The Morgan fingerprint density at radius 1 is 1.35 bits per heavy atom. The number of likely N-dealkylation sites (N-methyl/N-ethyl adjacent to an activating group) is 1. The number of sulfone groups is 1. The molecule has 0 amide bonds. The van der Waals surface area contributed by atoms with Crippen LogP contribution < -0.4 is 10.2 Å². The van der Waals surface area contributed by atoms with E-state index in [2.05, 4.69) is 5.32 Å². The molecule has 0 saturated carbocycles. The average Bonchev–Trinajstić information content (AvgIpc) is 2.47. The van der Waals surface area contributed by atoms with Crippen LogP contribution in [-0.2, 0) is 9.84 Å². The summed E-state index contributed by atoms with van der Waals surface area (Å²) in [7, 11) is -2.73. The second kappa shape index (κ2) is 6.05. The Labute approximate surface area is 117 Å². The van der Waals surface area contributed by atoms with Crippen molar-refractivity contribution in [3.05, 3.63) is 24.3 Å². The summed E-state index contributed by atoms with van der Waals surface area (Å²) in [5.41, 5.74) is 0.368. The second-order valence-corrected chi connectivity index (χ2v) is 6.73. The van der Waals surface area contributed by atoms with Gasteiger partial charge in [0.15, 0.2) is 0 Å². The summed E-state index contributed by atoms with van der Waals surface area (Å²) < 4.78 is 49.0. The van der Waals surface area contributed by atoms with Crippen molar-refractivity contribution in [2.24, 2.45) is 0 Å². The van der Waals surface area contributed by atoms with Crippen LogP contribution in [0.15, 0.2) is 29.2 Å². The zero-order valence-electron chi connectivity index (χ0n) is 11.2. The number of anilines is 1. The molecule has 1 N–H and O–H groups in total. The Bertz CT molecular complexity index is 563. The van der Waals surface area contributed by atoms with Gasteiger partial charge >= 0.3 is 5.76 Å². The molecule has 0 bridgehead atoms. The van der Waals surface area contributed by atoms with Crippen molar-refractivity contribution in [3.63, 3.8) is 0 Å². The summed E-state index contributed by atoms with van der Waals surface area (Å²) in [5.74, 6) is -3.39. The minimum Gasteiger partial charge on any atom is -0.369 e. The molecule has 1 saturated heterocycles. The van der Waals surface area contributed by atoms with Crippen molar-refractivity contribution in [1.82, 2.24) is 5.32 Å². The number of alkyl halides is 2. The van der Waals surface area contributed by atoms with Crippen LogP contribution in [0.2, 0.25) is 0 Å². The molecular weight excluding hydrogens is 286 g/mol. The molecule has 1 atom stereocenters. The quantitative estimate of drug-likeness (QED) is 0.922. The fourth-order valence-electron chi connectivity index (χ4n) is 2.49. The van der Waals surface area contributed by atoms with Gasteiger partial charge in [0.2, 0.25) is 9.84 Å². The summed E-state index contributed by atoms with van der Waals surface area (Å²) in [6.45, 7) is 1.29. The van der Waals surface area contributed by atoms with Gasteiger partial charge < -0.3 is 10.2 Å². The van der Waals surface area contributed by atoms with Crippen LogP contribution in [0.1, 0.15) is 12.8 Å². The number of hydrogen-bond acceptors (Lipinski definition) is 4. The Balaban J connectivity index is 2.38. The monoisotopic (exact) mass is 304 g/mol. The summed E-state index contributed by atoms with van der Waals surface area (Å²) in [5, 5.41) is 3.15. The summed E-state index contributed by atoms with van der Waals surface area (Å²) in [4.78, 5) is 1.58. The molecule has 4 nitrogen and oxygen atoms in total. The predicted molar refractivity (Wildman–Crippen MR) is 73.9 cm³/mol. The molecular formula is C13H18F2N2O2S. The molecule has 1 aromatic rings. The standard InChI is InChI=1S/C13H18F2N2O2S/c1-16-10-5-4-8-17(9-10)11-6-2-3-7-12(11)20(18,19)13(14)15/h2-3,6-7,10,13,16H,4-5,8-9H2,1H3. The topological polar surface area (TPSA) is 49.4 Å². The lowest BCUT2D eigenvalue weighted by atomic mass is 10.1. The van der Waals surface area contributed by atoms with Gasteiger partial charge in [-0.2, -0.15) is 8.78 Å². The molecule has 20 heavy (non-hydrogen) atoms. The zero-order chi connectivity index (χ0) is 14.8. The molecule has 0 aliphatic carbocycles. The van der Waals surface area contributed by atoms with Crippen LogP contribution in [0.4, 0.5) is 14.5 Å². The third kappa shape index (κ3) is 2.93. The Kier molecular flexibility index (Phi) is 4.59. The highest BCUT2D eigenvalue weighted by Gasteiger charge is 2.31. The van der Waals surface area contributed by atoms with Gasteiger partial charge in [-0.1, -0.05) is 12.1 Å². The highest BCUT2D eigenvalue weighted by molar-refractivity contribution is 7.91. The van der Waals surface area contributed by atoms with Crippen LogP contribution in [0, 0.1) is 0 Å². The highest BCUT2D eigenvalue weighted by Crippen LogP contribution is 2.30. The first-order valence-corrected chi connectivity index (χ1v) is 8.04. The van der Waals surface area contributed by atoms with E-state index in [1.54, 1.807) is 12.1 Å². The van der Waals surface area contributed by atoms with Gasteiger partial charge in [-0.15, -0.1) is 0 Å². The van der Waals surface area contributed by atoms with Crippen molar-refractivity contribution >= 4 is 15.5 Å². The highest BCUT2D eigenvalue weighted by atomic mass is 32.2. The van der Waals surface area contributed by atoms with E-state index in [1.807, 2.05) is 11.9 Å². The molecule has 2 rings (SSSR count). The van der Waals surface area contributed by atoms with Crippen molar-refractivity contribution in [2.75, 3.05) is 25.0 Å². The van der Waals surface area contributed by atoms with E-state index in [1.165, 1.54) is 12.1 Å². The van der Waals surface area contributed by atoms with Crippen LogP contribution in [-0.4, -0.2) is 40.4 Å². The number of hydrogen-bond donors (Lipinski definition) is 1. The maximum Gasteiger partial charge on any atom is 0.341 e. The third-order valence-electron chi connectivity index (χ3n) is 3.58. The molecule has 0 aromatic heterocycles. The van der Waals surface area contributed by atoms with Crippen molar-refractivity contribution in [1.29, 1.82) is 0 Å². The number of para-hydroxylation sites is 1. The Hall–Kier alpha value is -1.21. The minimum atomic E-state index is -4.58. The van der Waals surface area contributed by atoms with Gasteiger partial charge in [0.1, 0.15) is 0 Å². The lowest BCUT2D eigenvalue weighted by molar-refractivity contribution is 0.234. The normalized spacial score (nSPS) is 20.4. The van der Waals surface area contributed by atoms with Crippen LogP contribution >= 0.6 is 0 Å². The number of piperidine rings is 1. The predicted octanol–water partition coefficient (Wildman–Crippen LogP) is 1.87. The lowest BCUT2D eigenvalue weighted by Gasteiger charge is -2.35. The lowest BCUT2D eigenvalue weighted by Crippen LogP contribution is -2.44. The summed E-state index contributed by atoms with van der Waals surface area (Å²) >= 11 is 0. The van der Waals surface area contributed by atoms with Crippen LogP contribution in [0.5, 0.6) is 0 Å². The molecule has 1 heterocycles. The number of nitrogens with one attached hydrogen (secondary N) is 1. The molecule has 1 unspecified atom stereocenters. The number of halogens is 2. The molecule has 1 fully saturated rings. The molecule has 112 valence electrons. The molecule has 1 aliphatic rings. The molecule has 1 aliphatic heterocycles. The first-order valence-electron chi connectivity index (χ1n) is 6.50. The maximum absolute atomic E-state index is 12.8. The van der Waals surface area contributed by atoms with Gasteiger partial charge in [0, 0.05) is 19.1 Å². The van der Waals surface area contributed by atoms with E-state index < -0.39 is 15.6 Å². The number of nitrogens with zero attached hydrogens (tertiary/aromatic N) is 1. The van der Waals surface area contributed by atoms with Gasteiger partial charge in [-0.3, -0.25) is 0 Å². The number of rotatable bonds is 4. The van der Waals surface area contributed by atoms with E-state index >= 15 is 0 Å². The fraction of sp³-hybridized carbons (Fsp3) is 0.538. The number of benzene rings is 1. The summed E-state index contributed by atoms with van der Waals surface area (Å²) in [6, 6.07) is 6.22. The smallest absolute Gasteiger partial charge is 0.341 e. The molecule has 7 heteroatoms. The Morgan fingerprint density at radius 2 is 2.05 bits per heavy atom. The van der Waals surface area contributed by atoms with Crippen LogP contribution in [0.3, 0.4) is 0 Å². The van der Waals surface area contributed by atoms with Crippen molar-refractivity contribution < 1.29 is 17.2 Å². The first-order chi connectivity index (χ1) is 9.46. The van der Waals surface area contributed by atoms with E-state index in [0.29, 0.717) is 18.8 Å². The summed E-state index contributed by atoms with van der Waals surface area (Å²) in [6.07, 6.45) is 1.89. The fourth-order valence-corrected chi connectivity index (χ4v) is 3.44. The maximum atomic E-state index is 12.8. The Morgan fingerprint density at radius 3 is 2.70 bits per heavy atom. The SMILES string of the molecule is CNC1CCCN(c2ccccc2S(=O)(=O)C(F)F)C1. The zero-order valence-corrected chi connectivity index (χ0v) is 12.0. The van der Waals surface area contributed by atoms with Gasteiger partial charge in [-0.05, 0) is 32.0 Å². The van der Waals surface area contributed by atoms with Crippen LogP contribution in [0.25, 0.3) is 0 Å². The largest absolute Gasteiger partial charge is 0.369 e. The molecule has 0 radical (unpaired) electrons. The van der Waals surface area contributed by atoms with E-state index in [0.717, 1.165) is 12.8 Å². The average molecular weight is 304 g/mol.